The van der Waals surface area contributed by atoms with Gasteiger partial charge in [-0.2, -0.15) is 0 Å². The minimum absolute atomic E-state index is 0.109. The summed E-state index contributed by atoms with van der Waals surface area (Å²) in [6.45, 7) is 8.83. The molecule has 0 aliphatic heterocycles. The van der Waals surface area contributed by atoms with Crippen LogP contribution in [-0.2, 0) is 23.7 Å². The van der Waals surface area contributed by atoms with Gasteiger partial charge in [-0.15, -0.1) is 0 Å². The molecule has 0 aromatic carbocycles. The average Bonchev–Trinajstić information content (AvgIpc) is 3.14. The molecule has 0 aromatic heterocycles. The zero-order chi connectivity index (χ0) is 39.7. The lowest BCUT2D eigenvalue weighted by molar-refractivity contribution is -0.145. The Kier molecular flexibility index (Phi) is 40.2. The highest BCUT2D eigenvalue weighted by Crippen LogP contribution is 2.23. The maximum Gasteiger partial charge on any atom is 0.508 e. The van der Waals surface area contributed by atoms with Crippen molar-refractivity contribution in [3.8, 4) is 0 Å². The van der Waals surface area contributed by atoms with Crippen molar-refractivity contribution in [2.75, 3.05) is 40.5 Å². The Labute approximate surface area is 334 Å². The van der Waals surface area contributed by atoms with Crippen LogP contribution in [0.15, 0.2) is 0 Å². The molecule has 0 spiro atoms. The lowest BCUT2D eigenvalue weighted by Gasteiger charge is -2.19. The van der Waals surface area contributed by atoms with E-state index in [1.165, 1.54) is 122 Å². The van der Waals surface area contributed by atoms with Gasteiger partial charge in [0, 0.05) is 26.0 Å². The van der Waals surface area contributed by atoms with E-state index in [1.807, 2.05) is 14.1 Å². The predicted molar refractivity (Wildman–Crippen MR) is 226 cm³/mol. The van der Waals surface area contributed by atoms with Crippen LogP contribution in [0.5, 0.6) is 0 Å². The van der Waals surface area contributed by atoms with Crippen molar-refractivity contribution < 1.29 is 33.6 Å². The third-order valence-electron chi connectivity index (χ3n) is 10.6. The van der Waals surface area contributed by atoms with Crippen LogP contribution in [0.25, 0.3) is 0 Å². The number of aliphatic hydroxyl groups excluding tert-OH is 1. The van der Waals surface area contributed by atoms with Crippen LogP contribution in [0.3, 0.4) is 0 Å². The minimum atomic E-state index is -0.619. The second-order valence-electron chi connectivity index (χ2n) is 16.3. The molecule has 0 aromatic rings. The molecule has 0 aliphatic rings. The van der Waals surface area contributed by atoms with Gasteiger partial charge in [0.05, 0.1) is 13.2 Å². The molecule has 0 radical (unpaired) electrons. The van der Waals surface area contributed by atoms with E-state index in [0.717, 1.165) is 77.2 Å². The lowest BCUT2D eigenvalue weighted by atomic mass is 9.91. The number of aliphatic hydroxyl groups is 1. The van der Waals surface area contributed by atoms with E-state index in [1.54, 1.807) is 0 Å². The Morgan fingerprint density at radius 2 is 0.963 bits per heavy atom. The third-order valence-corrected chi connectivity index (χ3v) is 10.6. The maximum atomic E-state index is 13.0. The monoisotopic (exact) mass is 770 g/mol. The lowest BCUT2D eigenvalue weighted by Crippen LogP contribution is -2.23. The summed E-state index contributed by atoms with van der Waals surface area (Å²) in [7, 11) is 4.00. The molecule has 54 heavy (non-hydrogen) atoms. The summed E-state index contributed by atoms with van der Waals surface area (Å²) in [5.74, 6) is 0.290. The molecule has 0 aliphatic carbocycles. The first-order valence-electron chi connectivity index (χ1n) is 23.3. The van der Waals surface area contributed by atoms with Crippen molar-refractivity contribution in [1.82, 2.24) is 4.90 Å². The molecule has 322 valence electrons. The smallest absolute Gasteiger partial charge is 0.466 e. The quantitative estimate of drug-likeness (QED) is 0.0373. The van der Waals surface area contributed by atoms with Crippen LogP contribution >= 0.6 is 0 Å². The molecule has 2 atom stereocenters. The number of hydrogen-bond acceptors (Lipinski definition) is 8. The number of rotatable bonds is 42. The van der Waals surface area contributed by atoms with Gasteiger partial charge >= 0.3 is 12.1 Å². The number of unbranched alkanes of at least 4 members (excludes halogenated alkanes) is 21. The van der Waals surface area contributed by atoms with Gasteiger partial charge in [-0.25, -0.2) is 4.79 Å². The average molecular weight is 770 g/mol. The molecule has 1 N–H and O–H groups in total. The van der Waals surface area contributed by atoms with Crippen LogP contribution in [0.4, 0.5) is 4.79 Å². The summed E-state index contributed by atoms with van der Waals surface area (Å²) < 4.78 is 22.5. The van der Waals surface area contributed by atoms with Gasteiger partial charge in [0.2, 0.25) is 0 Å². The number of carbonyl (C=O) groups is 2. The molecule has 8 heteroatoms. The molecule has 0 heterocycles. The van der Waals surface area contributed by atoms with Gasteiger partial charge in [-0.05, 0) is 71.4 Å². The number of ether oxygens (including phenoxy) is 4. The Bertz CT molecular complexity index is 779. The van der Waals surface area contributed by atoms with E-state index < -0.39 is 12.4 Å². The first-order valence-corrected chi connectivity index (χ1v) is 23.3. The van der Waals surface area contributed by atoms with Crippen molar-refractivity contribution >= 4 is 12.1 Å². The highest BCUT2D eigenvalue weighted by molar-refractivity contribution is 5.69. The van der Waals surface area contributed by atoms with Crippen molar-refractivity contribution in [2.24, 2.45) is 5.92 Å². The second-order valence-corrected chi connectivity index (χ2v) is 16.3. The van der Waals surface area contributed by atoms with E-state index in [9.17, 15) is 14.7 Å². The van der Waals surface area contributed by atoms with E-state index in [2.05, 4.69) is 25.7 Å². The second kappa shape index (κ2) is 41.3. The van der Waals surface area contributed by atoms with Gasteiger partial charge in [-0.3, -0.25) is 4.79 Å². The fourth-order valence-corrected chi connectivity index (χ4v) is 7.10. The summed E-state index contributed by atoms with van der Waals surface area (Å²) in [6.07, 6.45) is 34.2. The maximum absolute atomic E-state index is 13.0. The summed E-state index contributed by atoms with van der Waals surface area (Å²) in [5.41, 5.74) is 0. The standard InChI is InChI=1S/C46H91NO7/c1-6-9-12-15-22-26-32-42(33-27-23-16-13-10-7-2)41-45(49)52-40-36-43(54-46(50)53-39-31-37-47(4)5)34-28-24-19-17-18-20-25-30-38-51-44(48)35-29-21-14-11-8-3/h42-44,48H,6-41H2,1-5H3. The van der Waals surface area contributed by atoms with Crippen molar-refractivity contribution in [3.63, 3.8) is 0 Å². The Balaban J connectivity index is 4.55. The molecule has 2 unspecified atom stereocenters. The Morgan fingerprint density at radius 3 is 1.48 bits per heavy atom. The number of hydrogen-bond donors (Lipinski definition) is 1. The first kappa shape index (κ1) is 52.6. The summed E-state index contributed by atoms with van der Waals surface area (Å²) in [4.78, 5) is 27.6. The third kappa shape index (κ3) is 38.9. The molecule has 0 fully saturated rings. The molecule has 0 saturated heterocycles. The van der Waals surface area contributed by atoms with E-state index in [0.29, 0.717) is 32.0 Å². The van der Waals surface area contributed by atoms with E-state index >= 15 is 0 Å². The Hall–Kier alpha value is -1.38. The summed E-state index contributed by atoms with van der Waals surface area (Å²) in [6, 6.07) is 0. The highest BCUT2D eigenvalue weighted by Gasteiger charge is 2.19. The molecule has 0 saturated carbocycles. The van der Waals surface area contributed by atoms with E-state index in [-0.39, 0.29) is 18.7 Å². The zero-order valence-electron chi connectivity index (χ0n) is 36.5. The summed E-state index contributed by atoms with van der Waals surface area (Å²) in [5, 5.41) is 10.0. The van der Waals surface area contributed by atoms with Crippen LogP contribution in [0.1, 0.15) is 226 Å². The molecule has 0 amide bonds. The number of nitrogens with zero attached hydrogens (tertiary/aromatic N) is 1. The molecule has 0 rings (SSSR count). The van der Waals surface area contributed by atoms with Gasteiger partial charge in [0.25, 0.3) is 0 Å². The fourth-order valence-electron chi connectivity index (χ4n) is 7.10. The van der Waals surface area contributed by atoms with Gasteiger partial charge in [-0.1, -0.05) is 162 Å². The predicted octanol–water partition coefficient (Wildman–Crippen LogP) is 13.1. The zero-order valence-corrected chi connectivity index (χ0v) is 36.5. The van der Waals surface area contributed by atoms with Crippen LogP contribution in [0.2, 0.25) is 0 Å². The topological polar surface area (TPSA) is 94.5 Å². The first-order chi connectivity index (χ1) is 26.3. The summed E-state index contributed by atoms with van der Waals surface area (Å²) >= 11 is 0. The van der Waals surface area contributed by atoms with Crippen LogP contribution in [-0.4, -0.2) is 75.0 Å². The molecule has 8 nitrogen and oxygen atoms in total. The van der Waals surface area contributed by atoms with Crippen LogP contribution < -0.4 is 0 Å². The highest BCUT2D eigenvalue weighted by atomic mass is 16.7. The fraction of sp³-hybridized carbons (Fsp3) is 0.957. The van der Waals surface area contributed by atoms with Gasteiger partial charge in [0.1, 0.15) is 6.10 Å². The van der Waals surface area contributed by atoms with Crippen molar-refractivity contribution in [1.29, 1.82) is 0 Å². The van der Waals surface area contributed by atoms with Gasteiger partial charge < -0.3 is 29.0 Å². The van der Waals surface area contributed by atoms with E-state index in [4.69, 9.17) is 18.9 Å². The SMILES string of the molecule is CCCCCCCCC(CCCCCCCC)CC(=O)OCCC(CCCCCCCCCCOC(O)CCCCCCC)OC(=O)OCCCN(C)C. The van der Waals surface area contributed by atoms with Crippen molar-refractivity contribution in [3.05, 3.63) is 0 Å². The number of carbonyl (C=O) groups excluding carboxylic acids is 2. The van der Waals surface area contributed by atoms with Gasteiger partial charge in [0.15, 0.2) is 6.29 Å². The molecular formula is C46H91NO7. The minimum Gasteiger partial charge on any atom is -0.466 e. The molecule has 0 bridgehead atoms. The molecular weight excluding hydrogens is 679 g/mol. The largest absolute Gasteiger partial charge is 0.508 e. The Morgan fingerprint density at radius 1 is 0.500 bits per heavy atom. The van der Waals surface area contributed by atoms with Crippen LogP contribution in [0, 0.1) is 5.92 Å². The number of esters is 1. The normalized spacial score (nSPS) is 12.7. The van der Waals surface area contributed by atoms with Crippen molar-refractivity contribution in [2.45, 2.75) is 239 Å².